The van der Waals surface area contributed by atoms with Gasteiger partial charge in [0.2, 0.25) is 5.91 Å². The van der Waals surface area contributed by atoms with Crippen LogP contribution in [0.25, 0.3) is 0 Å². The third kappa shape index (κ3) is 5.21. The third-order valence-corrected chi connectivity index (χ3v) is 2.29. The van der Waals surface area contributed by atoms with E-state index >= 15 is 0 Å². The van der Waals surface area contributed by atoms with Gasteiger partial charge in [0, 0.05) is 12.2 Å². The molecule has 1 aromatic rings. The highest BCUT2D eigenvalue weighted by Gasteiger charge is 2.00. The number of hydrogen-bond donors (Lipinski definition) is 3. The van der Waals surface area contributed by atoms with Crippen LogP contribution >= 0.6 is 11.6 Å². The van der Waals surface area contributed by atoms with Gasteiger partial charge in [0.05, 0.1) is 0 Å². The largest absolute Gasteiger partial charge is 0.465 e. The first-order chi connectivity index (χ1) is 8.11. The predicted octanol–water partition coefficient (Wildman–Crippen LogP) is 1.67. The molecule has 2 amide bonds. The number of anilines is 1. The maximum absolute atomic E-state index is 11.0. The van der Waals surface area contributed by atoms with E-state index in [4.69, 9.17) is 16.7 Å². The molecule has 3 N–H and O–H groups in total. The van der Waals surface area contributed by atoms with Gasteiger partial charge >= 0.3 is 6.09 Å². The van der Waals surface area contributed by atoms with Gasteiger partial charge in [-0.1, -0.05) is 12.1 Å². The molecular weight excluding hydrogens is 244 g/mol. The molecule has 0 aliphatic carbocycles. The Morgan fingerprint density at radius 3 is 2.41 bits per heavy atom. The van der Waals surface area contributed by atoms with Crippen LogP contribution in [0, 0.1) is 0 Å². The molecule has 0 aliphatic rings. The van der Waals surface area contributed by atoms with Crippen molar-refractivity contribution in [3.63, 3.8) is 0 Å². The Hall–Kier alpha value is -1.75. The minimum absolute atomic E-state index is 0.0791. The van der Waals surface area contributed by atoms with Gasteiger partial charge in [-0.2, -0.15) is 0 Å². The normalized spacial score (nSPS) is 9.71. The summed E-state index contributed by atoms with van der Waals surface area (Å²) in [5.74, 6) is -0.337. The van der Waals surface area contributed by atoms with Crippen molar-refractivity contribution in [2.45, 2.75) is 6.42 Å². The van der Waals surface area contributed by atoms with Crippen molar-refractivity contribution in [3.8, 4) is 0 Å². The van der Waals surface area contributed by atoms with Gasteiger partial charge in [-0.15, -0.1) is 11.6 Å². The molecule has 5 nitrogen and oxygen atoms in total. The molecule has 0 saturated heterocycles. The molecule has 0 bridgehead atoms. The lowest BCUT2D eigenvalue weighted by Crippen LogP contribution is -2.23. The molecule has 0 aromatic heterocycles. The first kappa shape index (κ1) is 13.3. The molecule has 92 valence electrons. The number of carbonyl (C=O) groups is 2. The molecule has 0 radical (unpaired) electrons. The summed E-state index contributed by atoms with van der Waals surface area (Å²) in [6, 6.07) is 7.15. The molecule has 0 unspecified atom stereocenters. The van der Waals surface area contributed by atoms with Crippen LogP contribution < -0.4 is 10.6 Å². The first-order valence-electron chi connectivity index (χ1n) is 5.03. The lowest BCUT2D eigenvalue weighted by molar-refractivity contribution is -0.113. The molecule has 0 aliphatic heterocycles. The number of hydrogen-bond acceptors (Lipinski definition) is 2. The second-order valence-electron chi connectivity index (χ2n) is 3.36. The maximum Gasteiger partial charge on any atom is 0.404 e. The second-order valence-corrected chi connectivity index (χ2v) is 3.63. The number of halogens is 1. The molecule has 0 saturated carbocycles. The summed E-state index contributed by atoms with van der Waals surface area (Å²) in [6.07, 6.45) is -0.424. The lowest BCUT2D eigenvalue weighted by Gasteiger charge is -2.05. The van der Waals surface area contributed by atoms with Crippen LogP contribution in [0.4, 0.5) is 10.5 Å². The van der Waals surface area contributed by atoms with E-state index in [1.807, 2.05) is 12.1 Å². The Labute approximate surface area is 104 Å². The van der Waals surface area contributed by atoms with Crippen molar-refractivity contribution >= 4 is 29.3 Å². The zero-order chi connectivity index (χ0) is 12.7. The molecule has 17 heavy (non-hydrogen) atoms. The average Bonchev–Trinajstić information content (AvgIpc) is 2.31. The van der Waals surface area contributed by atoms with Crippen LogP contribution in [-0.2, 0) is 11.2 Å². The van der Waals surface area contributed by atoms with E-state index in [9.17, 15) is 9.59 Å². The highest BCUT2D eigenvalue weighted by Crippen LogP contribution is 2.09. The molecular formula is C11H13ClN2O3. The summed E-state index contributed by atoms with van der Waals surface area (Å²) in [6.45, 7) is 0.364. The number of nitrogens with one attached hydrogen (secondary N) is 2. The van der Waals surface area contributed by atoms with E-state index in [1.54, 1.807) is 12.1 Å². The minimum Gasteiger partial charge on any atom is -0.465 e. The first-order valence-corrected chi connectivity index (χ1v) is 5.57. The minimum atomic E-state index is -1.03. The van der Waals surface area contributed by atoms with E-state index in [1.165, 1.54) is 0 Å². The zero-order valence-corrected chi connectivity index (χ0v) is 9.83. The number of alkyl halides is 1. The summed E-state index contributed by atoms with van der Waals surface area (Å²) >= 11 is 5.36. The topological polar surface area (TPSA) is 78.4 Å². The van der Waals surface area contributed by atoms with E-state index in [0.29, 0.717) is 18.7 Å². The Bertz CT molecular complexity index is 392. The fourth-order valence-electron chi connectivity index (χ4n) is 1.26. The molecule has 0 fully saturated rings. The fourth-order valence-corrected chi connectivity index (χ4v) is 1.33. The smallest absolute Gasteiger partial charge is 0.404 e. The molecule has 1 aromatic carbocycles. The van der Waals surface area contributed by atoms with Gasteiger partial charge in [0.25, 0.3) is 0 Å². The monoisotopic (exact) mass is 256 g/mol. The quantitative estimate of drug-likeness (QED) is 0.702. The van der Waals surface area contributed by atoms with Crippen LogP contribution in [0.3, 0.4) is 0 Å². The van der Waals surface area contributed by atoms with Gasteiger partial charge < -0.3 is 15.7 Å². The van der Waals surface area contributed by atoms with Crippen molar-refractivity contribution in [3.05, 3.63) is 29.8 Å². The number of carboxylic acid groups (broad SMARTS) is 1. The van der Waals surface area contributed by atoms with E-state index in [-0.39, 0.29) is 11.8 Å². The van der Waals surface area contributed by atoms with Gasteiger partial charge in [0.15, 0.2) is 0 Å². The second kappa shape index (κ2) is 6.75. The van der Waals surface area contributed by atoms with E-state index < -0.39 is 6.09 Å². The lowest BCUT2D eigenvalue weighted by atomic mass is 10.1. The number of benzene rings is 1. The average molecular weight is 257 g/mol. The molecule has 6 heteroatoms. The van der Waals surface area contributed by atoms with Crippen molar-refractivity contribution < 1.29 is 14.7 Å². The van der Waals surface area contributed by atoms with Crippen molar-refractivity contribution in [2.24, 2.45) is 0 Å². The number of amides is 2. The Kier molecular flexibility index (Phi) is 5.29. The van der Waals surface area contributed by atoms with Gasteiger partial charge in [0.1, 0.15) is 5.88 Å². The summed E-state index contributed by atoms with van der Waals surface area (Å²) < 4.78 is 0. The fraction of sp³-hybridized carbons (Fsp3) is 0.273. The number of rotatable bonds is 5. The Morgan fingerprint density at radius 2 is 1.88 bits per heavy atom. The van der Waals surface area contributed by atoms with Crippen molar-refractivity contribution in [1.82, 2.24) is 5.32 Å². The van der Waals surface area contributed by atoms with Crippen LogP contribution in [0.5, 0.6) is 0 Å². The maximum atomic E-state index is 11.0. The SMILES string of the molecule is O=C(O)NCCc1ccc(NC(=O)CCl)cc1. The molecule has 0 spiro atoms. The van der Waals surface area contributed by atoms with E-state index in [0.717, 1.165) is 5.56 Å². The van der Waals surface area contributed by atoms with E-state index in [2.05, 4.69) is 10.6 Å². The van der Waals surface area contributed by atoms with Crippen LogP contribution in [0.15, 0.2) is 24.3 Å². The molecule has 1 rings (SSSR count). The summed E-state index contributed by atoms with van der Waals surface area (Å²) in [7, 11) is 0. The van der Waals surface area contributed by atoms with Gasteiger partial charge in [-0.05, 0) is 24.1 Å². The highest BCUT2D eigenvalue weighted by molar-refractivity contribution is 6.29. The molecule has 0 heterocycles. The molecule has 0 atom stereocenters. The third-order valence-electron chi connectivity index (χ3n) is 2.05. The summed E-state index contributed by atoms with van der Waals surface area (Å²) in [5, 5.41) is 13.3. The van der Waals surface area contributed by atoms with Crippen LogP contribution in [0.1, 0.15) is 5.56 Å². The standard InChI is InChI=1S/C11H13ClN2O3/c12-7-10(15)14-9-3-1-8(2-4-9)5-6-13-11(16)17/h1-4,13H,5-7H2,(H,14,15)(H,16,17). The van der Waals surface area contributed by atoms with Crippen LogP contribution in [0.2, 0.25) is 0 Å². The predicted molar refractivity (Wildman–Crippen MR) is 65.5 cm³/mol. The van der Waals surface area contributed by atoms with Gasteiger partial charge in [-0.25, -0.2) is 4.79 Å². The number of carbonyl (C=O) groups excluding carboxylic acids is 1. The zero-order valence-electron chi connectivity index (χ0n) is 9.07. The highest BCUT2D eigenvalue weighted by atomic mass is 35.5. The van der Waals surface area contributed by atoms with Crippen molar-refractivity contribution in [2.75, 3.05) is 17.7 Å². The Balaban J connectivity index is 2.44. The summed E-state index contributed by atoms with van der Waals surface area (Å²) in [5.41, 5.74) is 1.66. The van der Waals surface area contributed by atoms with Gasteiger partial charge in [-0.3, -0.25) is 4.79 Å². The van der Waals surface area contributed by atoms with Crippen LogP contribution in [-0.4, -0.2) is 29.5 Å². The Morgan fingerprint density at radius 1 is 1.24 bits per heavy atom. The van der Waals surface area contributed by atoms with Crippen molar-refractivity contribution in [1.29, 1.82) is 0 Å². The summed E-state index contributed by atoms with van der Waals surface area (Å²) in [4.78, 5) is 21.2.